The van der Waals surface area contributed by atoms with Crippen LogP contribution in [0.3, 0.4) is 0 Å². The predicted octanol–water partition coefficient (Wildman–Crippen LogP) is 6.94. The molecule has 0 saturated carbocycles. The standard InChI is InChI=1S/C23H22O/c1-4-23(2,3)20-14-7-5-10-16(20)18-12-9-13-19-17-11-6-8-15-21(17)24-22(18)19/h5-15H,4H2,1-3H3. The highest BCUT2D eigenvalue weighted by molar-refractivity contribution is 6.09. The first-order valence-corrected chi connectivity index (χ1v) is 8.62. The second kappa shape index (κ2) is 5.52. The van der Waals surface area contributed by atoms with Gasteiger partial charge in [-0.05, 0) is 29.0 Å². The zero-order valence-electron chi connectivity index (χ0n) is 14.5. The fourth-order valence-electron chi connectivity index (χ4n) is 3.46. The molecule has 0 fully saturated rings. The van der Waals surface area contributed by atoms with Crippen LogP contribution in [0.15, 0.2) is 71.1 Å². The van der Waals surface area contributed by atoms with Crippen molar-refractivity contribution in [3.63, 3.8) is 0 Å². The van der Waals surface area contributed by atoms with Gasteiger partial charge in [0.15, 0.2) is 0 Å². The summed E-state index contributed by atoms with van der Waals surface area (Å²) < 4.78 is 6.24. The maximum Gasteiger partial charge on any atom is 0.143 e. The molecule has 1 aromatic heterocycles. The molecule has 24 heavy (non-hydrogen) atoms. The van der Waals surface area contributed by atoms with Crippen LogP contribution < -0.4 is 0 Å². The van der Waals surface area contributed by atoms with Gasteiger partial charge in [0.25, 0.3) is 0 Å². The molecule has 1 heterocycles. The number of para-hydroxylation sites is 2. The highest BCUT2D eigenvalue weighted by Gasteiger charge is 2.23. The Morgan fingerprint density at radius 2 is 1.42 bits per heavy atom. The molecule has 0 atom stereocenters. The average Bonchev–Trinajstić information content (AvgIpc) is 3.00. The van der Waals surface area contributed by atoms with E-state index in [9.17, 15) is 0 Å². The summed E-state index contributed by atoms with van der Waals surface area (Å²) in [5.41, 5.74) is 5.89. The molecule has 3 aromatic carbocycles. The van der Waals surface area contributed by atoms with Crippen molar-refractivity contribution in [1.82, 2.24) is 0 Å². The molecular formula is C23H22O. The van der Waals surface area contributed by atoms with Crippen LogP contribution in [0.4, 0.5) is 0 Å². The van der Waals surface area contributed by atoms with Gasteiger partial charge in [-0.25, -0.2) is 0 Å². The Labute approximate surface area is 142 Å². The van der Waals surface area contributed by atoms with Gasteiger partial charge in [-0.1, -0.05) is 81.4 Å². The lowest BCUT2D eigenvalue weighted by Gasteiger charge is -2.26. The molecule has 0 aliphatic carbocycles. The third-order valence-electron chi connectivity index (χ3n) is 5.23. The van der Waals surface area contributed by atoms with E-state index in [1.165, 1.54) is 27.5 Å². The Bertz CT molecular complexity index is 1020. The van der Waals surface area contributed by atoms with Crippen molar-refractivity contribution >= 4 is 21.9 Å². The van der Waals surface area contributed by atoms with Crippen LogP contribution in [0.1, 0.15) is 32.8 Å². The SMILES string of the molecule is CCC(C)(C)c1ccccc1-c1cccc2c1oc1ccccc12. The van der Waals surface area contributed by atoms with E-state index in [2.05, 4.69) is 75.4 Å². The molecule has 0 unspecified atom stereocenters. The molecule has 0 saturated heterocycles. The van der Waals surface area contributed by atoms with Gasteiger partial charge in [-0.3, -0.25) is 0 Å². The van der Waals surface area contributed by atoms with Crippen LogP contribution in [0.2, 0.25) is 0 Å². The highest BCUT2D eigenvalue weighted by atomic mass is 16.3. The Morgan fingerprint density at radius 1 is 0.750 bits per heavy atom. The number of furan rings is 1. The van der Waals surface area contributed by atoms with Crippen molar-refractivity contribution in [2.75, 3.05) is 0 Å². The van der Waals surface area contributed by atoms with E-state index in [0.717, 1.165) is 17.6 Å². The van der Waals surface area contributed by atoms with Gasteiger partial charge in [-0.2, -0.15) is 0 Å². The molecule has 0 aliphatic rings. The van der Waals surface area contributed by atoms with E-state index in [0.29, 0.717) is 0 Å². The largest absolute Gasteiger partial charge is 0.455 e. The molecule has 4 aromatic rings. The minimum absolute atomic E-state index is 0.130. The Kier molecular flexibility index (Phi) is 3.45. The zero-order chi connectivity index (χ0) is 16.7. The normalized spacial score (nSPS) is 12.1. The lowest BCUT2D eigenvalue weighted by atomic mass is 9.78. The summed E-state index contributed by atoms with van der Waals surface area (Å²) in [6.07, 6.45) is 1.10. The smallest absolute Gasteiger partial charge is 0.143 e. The molecule has 0 spiro atoms. The second-order valence-electron chi connectivity index (χ2n) is 7.06. The molecule has 0 N–H and O–H groups in total. The van der Waals surface area contributed by atoms with Crippen molar-refractivity contribution in [1.29, 1.82) is 0 Å². The molecule has 0 amide bonds. The Balaban J connectivity index is 2.05. The maximum atomic E-state index is 6.24. The average molecular weight is 314 g/mol. The first-order valence-electron chi connectivity index (χ1n) is 8.62. The third-order valence-corrected chi connectivity index (χ3v) is 5.23. The van der Waals surface area contributed by atoms with Crippen molar-refractivity contribution in [2.45, 2.75) is 32.6 Å². The van der Waals surface area contributed by atoms with Crippen molar-refractivity contribution in [2.24, 2.45) is 0 Å². The van der Waals surface area contributed by atoms with Gasteiger partial charge in [0.05, 0.1) is 0 Å². The molecule has 1 heteroatoms. The lowest BCUT2D eigenvalue weighted by molar-refractivity contribution is 0.507. The minimum Gasteiger partial charge on any atom is -0.455 e. The van der Waals surface area contributed by atoms with E-state index >= 15 is 0 Å². The topological polar surface area (TPSA) is 13.1 Å². The third kappa shape index (κ3) is 2.24. The summed E-state index contributed by atoms with van der Waals surface area (Å²) in [4.78, 5) is 0. The predicted molar refractivity (Wildman–Crippen MR) is 102 cm³/mol. The summed E-state index contributed by atoms with van der Waals surface area (Å²) in [7, 11) is 0. The Hall–Kier alpha value is -2.54. The van der Waals surface area contributed by atoms with E-state index in [4.69, 9.17) is 4.42 Å². The first-order chi connectivity index (χ1) is 11.6. The molecule has 4 rings (SSSR count). The summed E-state index contributed by atoms with van der Waals surface area (Å²) in [6.45, 7) is 6.87. The lowest BCUT2D eigenvalue weighted by Crippen LogP contribution is -2.16. The van der Waals surface area contributed by atoms with Crippen LogP contribution in [0.25, 0.3) is 33.1 Å². The molecular weight excluding hydrogens is 292 g/mol. The van der Waals surface area contributed by atoms with Crippen LogP contribution in [-0.4, -0.2) is 0 Å². The summed E-state index contributed by atoms with van der Waals surface area (Å²) in [5.74, 6) is 0. The van der Waals surface area contributed by atoms with Gasteiger partial charge >= 0.3 is 0 Å². The number of rotatable bonds is 3. The van der Waals surface area contributed by atoms with E-state index in [1.807, 2.05) is 12.1 Å². The van der Waals surface area contributed by atoms with Crippen molar-refractivity contribution in [3.05, 3.63) is 72.3 Å². The molecule has 120 valence electrons. The van der Waals surface area contributed by atoms with Gasteiger partial charge in [0, 0.05) is 16.3 Å². The summed E-state index contributed by atoms with van der Waals surface area (Å²) >= 11 is 0. The number of benzene rings is 3. The van der Waals surface area contributed by atoms with Crippen LogP contribution in [0.5, 0.6) is 0 Å². The van der Waals surface area contributed by atoms with Gasteiger partial charge < -0.3 is 4.42 Å². The fraction of sp³-hybridized carbons (Fsp3) is 0.217. The highest BCUT2D eigenvalue weighted by Crippen LogP contribution is 2.40. The van der Waals surface area contributed by atoms with Crippen LogP contribution in [-0.2, 0) is 5.41 Å². The fourth-order valence-corrected chi connectivity index (χ4v) is 3.46. The zero-order valence-corrected chi connectivity index (χ0v) is 14.5. The number of hydrogen-bond acceptors (Lipinski definition) is 1. The Morgan fingerprint density at radius 3 is 2.25 bits per heavy atom. The maximum absolute atomic E-state index is 6.24. The van der Waals surface area contributed by atoms with Gasteiger partial charge in [0.2, 0.25) is 0 Å². The number of fused-ring (bicyclic) bond motifs is 3. The van der Waals surface area contributed by atoms with Crippen molar-refractivity contribution in [3.8, 4) is 11.1 Å². The molecule has 1 nitrogen and oxygen atoms in total. The van der Waals surface area contributed by atoms with Gasteiger partial charge in [0.1, 0.15) is 11.2 Å². The van der Waals surface area contributed by atoms with Crippen LogP contribution in [0, 0.1) is 0 Å². The first kappa shape index (κ1) is 15.0. The monoisotopic (exact) mass is 314 g/mol. The van der Waals surface area contributed by atoms with Crippen LogP contribution >= 0.6 is 0 Å². The molecule has 0 bridgehead atoms. The van der Waals surface area contributed by atoms with E-state index in [-0.39, 0.29) is 5.41 Å². The minimum atomic E-state index is 0.130. The van der Waals surface area contributed by atoms with E-state index in [1.54, 1.807) is 0 Å². The quantitative estimate of drug-likeness (QED) is 0.399. The second-order valence-corrected chi connectivity index (χ2v) is 7.06. The summed E-state index contributed by atoms with van der Waals surface area (Å²) in [5, 5.41) is 2.37. The van der Waals surface area contributed by atoms with Gasteiger partial charge in [-0.15, -0.1) is 0 Å². The number of hydrogen-bond donors (Lipinski definition) is 0. The molecule has 0 aliphatic heterocycles. The van der Waals surface area contributed by atoms with E-state index < -0.39 is 0 Å². The van der Waals surface area contributed by atoms with Crippen molar-refractivity contribution < 1.29 is 4.42 Å². The molecule has 0 radical (unpaired) electrons. The summed E-state index contributed by atoms with van der Waals surface area (Å²) in [6, 6.07) is 23.4.